The van der Waals surface area contributed by atoms with Gasteiger partial charge in [0.2, 0.25) is 0 Å². The minimum Gasteiger partial charge on any atom is -0.490 e. The third kappa shape index (κ3) is 4.04. The predicted molar refractivity (Wildman–Crippen MR) is 91.7 cm³/mol. The number of benzene rings is 1. The van der Waals surface area contributed by atoms with E-state index < -0.39 is 0 Å². The zero-order valence-corrected chi connectivity index (χ0v) is 14.8. The number of carbonyl (C=O) groups excluding carboxylic acids is 1. The summed E-state index contributed by atoms with van der Waals surface area (Å²) in [5.41, 5.74) is 2.71. The Morgan fingerprint density at radius 2 is 2.00 bits per heavy atom. The molecular weight excluding hydrogens is 322 g/mol. The molecule has 0 unspecified atom stereocenters. The van der Waals surface area contributed by atoms with Crippen LogP contribution < -0.4 is 14.8 Å². The number of nitrogens with zero attached hydrogens (tertiary/aromatic N) is 2. The Hall–Kier alpha value is -2.70. The summed E-state index contributed by atoms with van der Waals surface area (Å²) in [5.74, 6) is 2.22. The average Bonchev–Trinajstić information content (AvgIpc) is 2.80. The summed E-state index contributed by atoms with van der Waals surface area (Å²) in [5, 5.41) is 6.82. The highest BCUT2D eigenvalue weighted by Gasteiger charge is 2.16. The lowest BCUT2D eigenvalue weighted by Crippen LogP contribution is -2.36. The van der Waals surface area contributed by atoms with Crippen molar-refractivity contribution < 1.29 is 18.8 Å². The van der Waals surface area contributed by atoms with E-state index in [9.17, 15) is 4.79 Å². The molecule has 2 amide bonds. The lowest BCUT2D eigenvalue weighted by atomic mass is 10.2. The third-order valence-corrected chi connectivity index (χ3v) is 4.18. The zero-order valence-electron chi connectivity index (χ0n) is 14.8. The summed E-state index contributed by atoms with van der Waals surface area (Å²) >= 11 is 0. The van der Waals surface area contributed by atoms with Gasteiger partial charge in [-0.3, -0.25) is 0 Å². The molecule has 0 saturated carbocycles. The van der Waals surface area contributed by atoms with Gasteiger partial charge in [-0.1, -0.05) is 11.2 Å². The predicted octanol–water partition coefficient (Wildman–Crippen LogP) is 2.79. The van der Waals surface area contributed by atoms with Crippen LogP contribution in [0.3, 0.4) is 0 Å². The largest absolute Gasteiger partial charge is 0.490 e. The maximum absolute atomic E-state index is 12.3. The highest BCUT2D eigenvalue weighted by molar-refractivity contribution is 5.74. The fraction of sp³-hybridized carbons (Fsp3) is 0.444. The highest BCUT2D eigenvalue weighted by Crippen LogP contribution is 2.30. The zero-order chi connectivity index (χ0) is 17.8. The van der Waals surface area contributed by atoms with E-state index in [1.54, 1.807) is 11.9 Å². The smallest absolute Gasteiger partial charge is 0.317 e. The van der Waals surface area contributed by atoms with Crippen molar-refractivity contribution in [3.05, 3.63) is 40.8 Å². The summed E-state index contributed by atoms with van der Waals surface area (Å²) in [7, 11) is 1.75. The van der Waals surface area contributed by atoms with Crippen molar-refractivity contribution in [2.45, 2.75) is 33.4 Å². The molecule has 2 heterocycles. The number of hydrogen-bond acceptors (Lipinski definition) is 5. The topological polar surface area (TPSA) is 76.8 Å². The van der Waals surface area contributed by atoms with Crippen LogP contribution in [0.1, 0.15) is 29.0 Å². The van der Waals surface area contributed by atoms with E-state index in [1.165, 1.54) is 0 Å². The number of nitrogens with one attached hydrogen (secondary N) is 1. The number of aromatic nitrogens is 1. The number of rotatable bonds is 4. The molecule has 0 aliphatic carbocycles. The van der Waals surface area contributed by atoms with Gasteiger partial charge in [-0.05, 0) is 31.5 Å². The molecule has 1 aliphatic heterocycles. The van der Waals surface area contributed by atoms with Crippen molar-refractivity contribution >= 4 is 6.03 Å². The van der Waals surface area contributed by atoms with Crippen molar-refractivity contribution in [1.82, 2.24) is 15.4 Å². The van der Waals surface area contributed by atoms with E-state index in [2.05, 4.69) is 10.5 Å². The second-order valence-corrected chi connectivity index (χ2v) is 6.15. The monoisotopic (exact) mass is 345 g/mol. The Bertz CT molecular complexity index is 737. The van der Waals surface area contributed by atoms with Crippen LogP contribution in [0.4, 0.5) is 4.79 Å². The number of hydrogen-bond donors (Lipinski definition) is 1. The number of aryl methyl sites for hydroxylation is 2. The molecule has 0 bridgehead atoms. The van der Waals surface area contributed by atoms with Gasteiger partial charge in [0.25, 0.3) is 0 Å². The van der Waals surface area contributed by atoms with Crippen molar-refractivity contribution in [2.24, 2.45) is 0 Å². The standard InChI is InChI=1S/C18H23N3O4/c1-12-15(13(2)25-20-12)11-21(3)18(22)19-10-14-5-6-16-17(9-14)24-8-4-7-23-16/h5-6,9H,4,7-8,10-11H2,1-3H3,(H,19,22). The van der Waals surface area contributed by atoms with Gasteiger partial charge in [-0.2, -0.15) is 0 Å². The van der Waals surface area contributed by atoms with E-state index in [1.807, 2.05) is 32.0 Å². The number of carbonyl (C=O) groups is 1. The van der Waals surface area contributed by atoms with Gasteiger partial charge in [0.1, 0.15) is 5.76 Å². The molecule has 1 aliphatic rings. The second kappa shape index (κ2) is 7.46. The van der Waals surface area contributed by atoms with Gasteiger partial charge < -0.3 is 24.2 Å². The lowest BCUT2D eigenvalue weighted by molar-refractivity contribution is 0.206. The minimum atomic E-state index is -0.160. The van der Waals surface area contributed by atoms with Gasteiger partial charge in [0.05, 0.1) is 25.5 Å². The summed E-state index contributed by atoms with van der Waals surface area (Å²) in [6.07, 6.45) is 0.868. The first kappa shape index (κ1) is 17.1. The quantitative estimate of drug-likeness (QED) is 0.922. The minimum absolute atomic E-state index is 0.160. The number of ether oxygens (including phenoxy) is 2. The molecule has 0 fully saturated rings. The first-order valence-corrected chi connectivity index (χ1v) is 8.34. The fourth-order valence-electron chi connectivity index (χ4n) is 2.67. The van der Waals surface area contributed by atoms with E-state index >= 15 is 0 Å². The molecule has 134 valence electrons. The Labute approximate surface area is 146 Å². The number of urea groups is 1. The van der Waals surface area contributed by atoms with Crippen LogP contribution in [0.2, 0.25) is 0 Å². The van der Waals surface area contributed by atoms with Crippen molar-refractivity contribution in [2.75, 3.05) is 20.3 Å². The molecule has 0 saturated heterocycles. The molecule has 2 aromatic rings. The molecule has 0 radical (unpaired) electrons. The molecule has 25 heavy (non-hydrogen) atoms. The van der Waals surface area contributed by atoms with Gasteiger partial charge in [0, 0.05) is 25.6 Å². The van der Waals surface area contributed by atoms with Gasteiger partial charge in [-0.15, -0.1) is 0 Å². The van der Waals surface area contributed by atoms with Gasteiger partial charge in [-0.25, -0.2) is 4.79 Å². The number of fused-ring (bicyclic) bond motifs is 1. The maximum Gasteiger partial charge on any atom is 0.317 e. The fourth-order valence-corrected chi connectivity index (χ4v) is 2.67. The molecule has 0 atom stereocenters. The van der Waals surface area contributed by atoms with Gasteiger partial charge in [0.15, 0.2) is 11.5 Å². The second-order valence-electron chi connectivity index (χ2n) is 6.15. The Kier molecular flexibility index (Phi) is 5.11. The van der Waals surface area contributed by atoms with E-state index in [4.69, 9.17) is 14.0 Å². The molecule has 7 nitrogen and oxygen atoms in total. The summed E-state index contributed by atoms with van der Waals surface area (Å²) < 4.78 is 16.4. The summed E-state index contributed by atoms with van der Waals surface area (Å²) in [4.78, 5) is 13.9. The Morgan fingerprint density at radius 1 is 1.24 bits per heavy atom. The van der Waals surface area contributed by atoms with Crippen molar-refractivity contribution in [3.63, 3.8) is 0 Å². The highest BCUT2D eigenvalue weighted by atomic mass is 16.5. The molecule has 1 N–H and O–H groups in total. The van der Waals surface area contributed by atoms with Crippen LogP contribution in [0.15, 0.2) is 22.7 Å². The molecule has 3 rings (SSSR count). The van der Waals surface area contributed by atoms with E-state index in [0.717, 1.165) is 40.5 Å². The molecule has 7 heteroatoms. The molecular formula is C18H23N3O4. The van der Waals surface area contributed by atoms with Crippen LogP contribution in [0.25, 0.3) is 0 Å². The van der Waals surface area contributed by atoms with Crippen LogP contribution in [-0.2, 0) is 13.1 Å². The summed E-state index contributed by atoms with van der Waals surface area (Å²) in [6.45, 7) is 5.89. The maximum atomic E-state index is 12.3. The van der Waals surface area contributed by atoms with Crippen LogP contribution in [0, 0.1) is 13.8 Å². The van der Waals surface area contributed by atoms with Crippen LogP contribution in [0.5, 0.6) is 11.5 Å². The SMILES string of the molecule is Cc1noc(C)c1CN(C)C(=O)NCc1ccc2c(c1)OCCCO2. The Balaban J connectivity index is 1.57. The van der Waals surface area contributed by atoms with Crippen molar-refractivity contribution in [3.8, 4) is 11.5 Å². The Morgan fingerprint density at radius 3 is 2.72 bits per heavy atom. The molecule has 0 spiro atoms. The third-order valence-electron chi connectivity index (χ3n) is 4.18. The summed E-state index contributed by atoms with van der Waals surface area (Å²) in [6, 6.07) is 5.57. The van der Waals surface area contributed by atoms with Crippen LogP contribution >= 0.6 is 0 Å². The lowest BCUT2D eigenvalue weighted by Gasteiger charge is -2.18. The van der Waals surface area contributed by atoms with E-state index in [0.29, 0.717) is 26.3 Å². The van der Waals surface area contributed by atoms with E-state index in [-0.39, 0.29) is 6.03 Å². The normalized spacial score (nSPS) is 13.2. The average molecular weight is 345 g/mol. The first-order chi connectivity index (χ1) is 12.0. The van der Waals surface area contributed by atoms with Crippen molar-refractivity contribution in [1.29, 1.82) is 0 Å². The van der Waals surface area contributed by atoms with Crippen LogP contribution in [-0.4, -0.2) is 36.3 Å². The molecule has 1 aromatic heterocycles. The van der Waals surface area contributed by atoms with Gasteiger partial charge >= 0.3 is 6.03 Å². The first-order valence-electron chi connectivity index (χ1n) is 8.34. The molecule has 1 aromatic carbocycles. The number of amides is 2.